The van der Waals surface area contributed by atoms with Gasteiger partial charge in [-0.2, -0.15) is 0 Å². The molecular weight excluding hydrogens is 178 g/mol. The minimum absolute atomic E-state index is 0.326. The minimum Gasteiger partial charge on any atom is -0.481 e. The molecule has 0 heterocycles. The Balaban J connectivity index is 2.70. The van der Waals surface area contributed by atoms with E-state index in [1.54, 1.807) is 6.92 Å². The zero-order chi connectivity index (χ0) is 10.6. The van der Waals surface area contributed by atoms with Crippen molar-refractivity contribution in [3.05, 3.63) is 35.9 Å². The summed E-state index contributed by atoms with van der Waals surface area (Å²) in [4.78, 5) is 10.9. The van der Waals surface area contributed by atoms with Crippen molar-refractivity contribution in [2.45, 2.75) is 19.4 Å². The van der Waals surface area contributed by atoms with Crippen LogP contribution >= 0.6 is 0 Å². The number of carbonyl (C=O) groups is 1. The van der Waals surface area contributed by atoms with Crippen molar-refractivity contribution in [3.63, 3.8) is 0 Å². The first-order valence-electron chi connectivity index (χ1n) is 4.63. The summed E-state index contributed by atoms with van der Waals surface area (Å²) >= 11 is 0. The highest BCUT2D eigenvalue weighted by Gasteiger charge is 2.21. The highest BCUT2D eigenvalue weighted by atomic mass is 16.4. The van der Waals surface area contributed by atoms with Crippen molar-refractivity contribution in [1.82, 2.24) is 0 Å². The number of rotatable bonds is 4. The van der Waals surface area contributed by atoms with Gasteiger partial charge in [-0.05, 0) is 18.9 Å². The lowest BCUT2D eigenvalue weighted by Gasteiger charge is -2.15. The second kappa shape index (κ2) is 4.77. The van der Waals surface area contributed by atoms with Gasteiger partial charge in [-0.1, -0.05) is 30.3 Å². The Morgan fingerprint density at radius 1 is 1.43 bits per heavy atom. The summed E-state index contributed by atoms with van der Waals surface area (Å²) < 4.78 is 0. The van der Waals surface area contributed by atoms with E-state index in [0.717, 1.165) is 5.56 Å². The topological polar surface area (TPSA) is 63.3 Å². The van der Waals surface area contributed by atoms with Crippen molar-refractivity contribution < 1.29 is 9.90 Å². The van der Waals surface area contributed by atoms with Gasteiger partial charge in [-0.25, -0.2) is 0 Å². The van der Waals surface area contributed by atoms with Gasteiger partial charge in [0.25, 0.3) is 0 Å². The number of carboxylic acids is 1. The predicted octanol–water partition coefficient (Wildman–Crippen LogP) is 1.28. The van der Waals surface area contributed by atoms with Gasteiger partial charge in [0.15, 0.2) is 0 Å². The zero-order valence-electron chi connectivity index (χ0n) is 8.18. The molecule has 3 heteroatoms. The lowest BCUT2D eigenvalue weighted by Crippen LogP contribution is -2.34. The fourth-order valence-electron chi connectivity index (χ4n) is 1.37. The van der Waals surface area contributed by atoms with Crippen LogP contribution in [0.3, 0.4) is 0 Å². The first-order chi connectivity index (χ1) is 6.61. The second-order valence-electron chi connectivity index (χ2n) is 3.49. The summed E-state index contributed by atoms with van der Waals surface area (Å²) in [6, 6.07) is 9.21. The third-order valence-corrected chi connectivity index (χ3v) is 2.25. The van der Waals surface area contributed by atoms with Crippen LogP contribution in [0.5, 0.6) is 0 Å². The van der Waals surface area contributed by atoms with E-state index in [1.165, 1.54) is 0 Å². The van der Waals surface area contributed by atoms with Gasteiger partial charge in [0.05, 0.1) is 5.92 Å². The summed E-state index contributed by atoms with van der Waals surface area (Å²) in [6.45, 7) is 1.72. The van der Waals surface area contributed by atoms with E-state index in [4.69, 9.17) is 10.8 Å². The van der Waals surface area contributed by atoms with Gasteiger partial charge in [-0.15, -0.1) is 0 Å². The zero-order valence-corrected chi connectivity index (χ0v) is 8.18. The largest absolute Gasteiger partial charge is 0.481 e. The maximum absolute atomic E-state index is 10.9. The molecule has 1 aromatic rings. The molecule has 0 aliphatic rings. The van der Waals surface area contributed by atoms with Crippen molar-refractivity contribution in [2.75, 3.05) is 0 Å². The molecule has 0 aliphatic carbocycles. The quantitative estimate of drug-likeness (QED) is 0.757. The number of aliphatic carboxylic acids is 1. The molecule has 0 radical (unpaired) electrons. The Hall–Kier alpha value is -1.35. The molecule has 76 valence electrons. The monoisotopic (exact) mass is 193 g/mol. The SMILES string of the molecule is C[C@@H](N)C(Cc1ccccc1)C(=O)O. The second-order valence-corrected chi connectivity index (χ2v) is 3.49. The summed E-state index contributed by atoms with van der Waals surface area (Å²) in [6.07, 6.45) is 0.494. The molecule has 3 N–H and O–H groups in total. The molecular formula is C11H15NO2. The predicted molar refractivity (Wildman–Crippen MR) is 54.9 cm³/mol. The molecule has 0 amide bonds. The third kappa shape index (κ3) is 2.85. The first-order valence-corrected chi connectivity index (χ1v) is 4.63. The van der Waals surface area contributed by atoms with Crippen LogP contribution in [-0.2, 0) is 11.2 Å². The van der Waals surface area contributed by atoms with Gasteiger partial charge in [0.1, 0.15) is 0 Å². The number of benzene rings is 1. The van der Waals surface area contributed by atoms with Crippen LogP contribution in [0.1, 0.15) is 12.5 Å². The number of nitrogens with two attached hydrogens (primary N) is 1. The molecule has 0 aliphatic heterocycles. The Bertz CT molecular complexity index is 295. The molecule has 3 nitrogen and oxygen atoms in total. The van der Waals surface area contributed by atoms with Gasteiger partial charge >= 0.3 is 5.97 Å². The summed E-state index contributed by atoms with van der Waals surface area (Å²) in [5, 5.41) is 8.92. The Labute approximate surface area is 83.6 Å². The van der Waals surface area contributed by atoms with E-state index in [0.29, 0.717) is 6.42 Å². The molecule has 0 saturated heterocycles. The summed E-state index contributed by atoms with van der Waals surface area (Å²) in [5.41, 5.74) is 6.62. The van der Waals surface area contributed by atoms with E-state index < -0.39 is 11.9 Å². The Kier molecular flexibility index (Phi) is 3.65. The molecule has 0 saturated carbocycles. The van der Waals surface area contributed by atoms with E-state index >= 15 is 0 Å². The van der Waals surface area contributed by atoms with E-state index in [2.05, 4.69) is 0 Å². The standard InChI is InChI=1S/C11H15NO2/c1-8(12)10(11(13)14)7-9-5-3-2-4-6-9/h2-6,8,10H,7,12H2,1H3,(H,13,14)/t8-,10?/m1/s1. The molecule has 0 aromatic heterocycles. The van der Waals surface area contributed by atoms with Gasteiger partial charge in [0.2, 0.25) is 0 Å². The van der Waals surface area contributed by atoms with Crippen LogP contribution in [0.4, 0.5) is 0 Å². The van der Waals surface area contributed by atoms with Crippen LogP contribution in [0.15, 0.2) is 30.3 Å². The van der Waals surface area contributed by atoms with Crippen molar-refractivity contribution in [1.29, 1.82) is 0 Å². The molecule has 1 aromatic carbocycles. The fraction of sp³-hybridized carbons (Fsp3) is 0.364. The van der Waals surface area contributed by atoms with E-state index in [9.17, 15) is 4.79 Å². The average Bonchev–Trinajstić information content (AvgIpc) is 2.15. The Morgan fingerprint density at radius 2 is 2.00 bits per heavy atom. The van der Waals surface area contributed by atoms with Crippen LogP contribution in [0.2, 0.25) is 0 Å². The van der Waals surface area contributed by atoms with Crippen molar-refractivity contribution in [2.24, 2.45) is 11.7 Å². The fourth-order valence-corrected chi connectivity index (χ4v) is 1.37. The Morgan fingerprint density at radius 3 is 2.43 bits per heavy atom. The van der Waals surface area contributed by atoms with Crippen LogP contribution in [0, 0.1) is 5.92 Å². The molecule has 0 spiro atoms. The molecule has 14 heavy (non-hydrogen) atoms. The number of hydrogen-bond donors (Lipinski definition) is 2. The lowest BCUT2D eigenvalue weighted by molar-refractivity contribution is -0.142. The van der Waals surface area contributed by atoms with Gasteiger partial charge in [-0.3, -0.25) is 4.79 Å². The summed E-state index contributed by atoms with van der Waals surface area (Å²) in [5.74, 6) is -1.33. The summed E-state index contributed by atoms with van der Waals surface area (Å²) in [7, 11) is 0. The van der Waals surface area contributed by atoms with E-state index in [-0.39, 0.29) is 6.04 Å². The van der Waals surface area contributed by atoms with Crippen LogP contribution in [0.25, 0.3) is 0 Å². The highest BCUT2D eigenvalue weighted by molar-refractivity contribution is 5.71. The van der Waals surface area contributed by atoms with Gasteiger partial charge in [0, 0.05) is 6.04 Å². The number of hydrogen-bond acceptors (Lipinski definition) is 2. The van der Waals surface area contributed by atoms with Crippen molar-refractivity contribution in [3.8, 4) is 0 Å². The number of carboxylic acid groups (broad SMARTS) is 1. The normalized spacial score (nSPS) is 14.7. The molecule has 1 rings (SSSR count). The third-order valence-electron chi connectivity index (χ3n) is 2.25. The maximum Gasteiger partial charge on any atom is 0.308 e. The van der Waals surface area contributed by atoms with E-state index in [1.807, 2.05) is 30.3 Å². The molecule has 0 fully saturated rings. The first kappa shape index (κ1) is 10.7. The maximum atomic E-state index is 10.9. The molecule has 0 bridgehead atoms. The van der Waals surface area contributed by atoms with Crippen molar-refractivity contribution >= 4 is 5.97 Å². The molecule has 2 atom stereocenters. The smallest absolute Gasteiger partial charge is 0.308 e. The highest BCUT2D eigenvalue weighted by Crippen LogP contribution is 2.11. The van der Waals surface area contributed by atoms with Gasteiger partial charge < -0.3 is 10.8 Å². The minimum atomic E-state index is -0.830. The lowest BCUT2D eigenvalue weighted by atomic mass is 9.94. The molecule has 1 unspecified atom stereocenters. The van der Waals surface area contributed by atoms with Crippen LogP contribution in [-0.4, -0.2) is 17.1 Å². The average molecular weight is 193 g/mol. The van der Waals surface area contributed by atoms with Crippen LogP contribution < -0.4 is 5.73 Å².